The first-order chi connectivity index (χ1) is 35.0. The van der Waals surface area contributed by atoms with Crippen molar-refractivity contribution in [1.29, 1.82) is 0 Å². The van der Waals surface area contributed by atoms with Crippen LogP contribution in [0.5, 0.6) is 17.2 Å². The lowest BCUT2D eigenvalue weighted by Crippen LogP contribution is -2.62. The second kappa shape index (κ2) is 21.6. The van der Waals surface area contributed by atoms with Crippen molar-refractivity contribution >= 4 is 72.8 Å². The number of fused-ring (bicyclic) bond motifs is 2. The van der Waals surface area contributed by atoms with Crippen LogP contribution in [0.1, 0.15) is 21.1 Å². The molecule has 6 heterocycles. The van der Waals surface area contributed by atoms with Crippen molar-refractivity contribution in [1.82, 2.24) is 39.7 Å². The molecule has 0 spiro atoms. The first-order valence-electron chi connectivity index (χ1n) is 23.6. The lowest BCUT2D eigenvalue weighted by Gasteiger charge is -2.43. The molecule has 4 aromatic heterocycles. The molecule has 4 aromatic carbocycles. The number of benzene rings is 4. The molecule has 2 atom stereocenters. The number of thiazole rings is 2. The number of nitrogens with two attached hydrogens (primary N) is 2. The Hall–Kier alpha value is -7.36. The highest BCUT2D eigenvalue weighted by Crippen LogP contribution is 2.33. The number of piperazine rings is 2. The van der Waals surface area contributed by atoms with Crippen LogP contribution in [0.25, 0.3) is 20.7 Å². The van der Waals surface area contributed by atoms with E-state index < -0.39 is 18.0 Å². The molecule has 0 radical (unpaired) electrons. The van der Waals surface area contributed by atoms with Crippen LogP contribution in [-0.2, 0) is 30.5 Å². The summed E-state index contributed by atoms with van der Waals surface area (Å²) in [7, 11) is 1.59. The predicted octanol–water partition coefficient (Wildman–Crippen LogP) is 7.01. The van der Waals surface area contributed by atoms with E-state index in [9.17, 15) is 13.2 Å². The number of halogens is 3. The van der Waals surface area contributed by atoms with Crippen molar-refractivity contribution < 1.29 is 32.2 Å². The van der Waals surface area contributed by atoms with Gasteiger partial charge in [-0.05, 0) is 96.8 Å². The Morgan fingerprint density at radius 3 is 1.50 bits per heavy atom. The zero-order chi connectivity index (χ0) is 49.7. The second-order valence-electron chi connectivity index (χ2n) is 17.5. The summed E-state index contributed by atoms with van der Waals surface area (Å²) in [5.41, 5.74) is 15.8. The van der Waals surface area contributed by atoms with Crippen LogP contribution in [0.2, 0.25) is 0 Å². The van der Waals surface area contributed by atoms with Crippen LogP contribution >= 0.6 is 22.7 Å². The van der Waals surface area contributed by atoms with E-state index in [0.29, 0.717) is 128 Å². The highest BCUT2D eigenvalue weighted by molar-refractivity contribution is 7.18. The van der Waals surface area contributed by atoms with Gasteiger partial charge in [-0.15, -0.1) is 0 Å². The summed E-state index contributed by atoms with van der Waals surface area (Å²) < 4.78 is 59.9. The van der Waals surface area contributed by atoms with Gasteiger partial charge in [-0.2, -0.15) is 9.97 Å². The summed E-state index contributed by atoms with van der Waals surface area (Å²) in [5.74, 6) is 1.82. The molecular formula is C51H51F3N12O4S2. The Kier molecular flexibility index (Phi) is 14.5. The summed E-state index contributed by atoms with van der Waals surface area (Å²) >= 11 is 2.91. The molecule has 16 nitrogen and oxygen atoms in total. The minimum absolute atomic E-state index is 0.0730. The van der Waals surface area contributed by atoms with Crippen molar-refractivity contribution in [3.63, 3.8) is 0 Å². The van der Waals surface area contributed by atoms with E-state index in [1.807, 2.05) is 12.1 Å². The summed E-state index contributed by atoms with van der Waals surface area (Å²) in [5, 5.41) is 1.72. The highest BCUT2D eigenvalue weighted by atomic mass is 32.1. The molecule has 2 aliphatic heterocycles. The van der Waals surface area contributed by atoms with Crippen molar-refractivity contribution in [3.05, 3.63) is 136 Å². The van der Waals surface area contributed by atoms with Gasteiger partial charge in [0, 0.05) is 65.2 Å². The van der Waals surface area contributed by atoms with E-state index in [-0.39, 0.29) is 36.0 Å². The van der Waals surface area contributed by atoms with Gasteiger partial charge in [0.15, 0.2) is 27.4 Å². The zero-order valence-electron chi connectivity index (χ0n) is 39.3. The molecule has 2 saturated heterocycles. The third-order valence-corrected chi connectivity index (χ3v) is 14.8. The van der Waals surface area contributed by atoms with Crippen LogP contribution in [-0.4, -0.2) is 124 Å². The minimum Gasteiger partial charge on any atom is -0.497 e. The van der Waals surface area contributed by atoms with Gasteiger partial charge in [-0.1, -0.05) is 46.9 Å². The molecule has 0 aliphatic carbocycles. The van der Waals surface area contributed by atoms with E-state index in [1.54, 1.807) is 48.4 Å². The van der Waals surface area contributed by atoms with Gasteiger partial charge in [0.1, 0.15) is 52.3 Å². The summed E-state index contributed by atoms with van der Waals surface area (Å²) in [6.07, 6.45) is 1.55. The van der Waals surface area contributed by atoms with Gasteiger partial charge >= 0.3 is 0 Å². The van der Waals surface area contributed by atoms with E-state index in [2.05, 4.69) is 34.6 Å². The molecule has 10 rings (SSSR count). The maximum Gasteiger partial charge on any atom is 0.265 e. The van der Waals surface area contributed by atoms with Crippen molar-refractivity contribution in [2.45, 2.75) is 37.8 Å². The third-order valence-electron chi connectivity index (χ3n) is 12.8. The molecule has 8 aromatic rings. The lowest BCUT2D eigenvalue weighted by atomic mass is 10.1. The zero-order valence-corrected chi connectivity index (χ0v) is 40.9. The Balaban J connectivity index is 0.884. The number of nitrogen functional groups attached to an aromatic ring is 2. The second-order valence-corrected chi connectivity index (χ2v) is 19.6. The number of hydrogen-bond acceptors (Lipinski definition) is 17. The molecular weight excluding hydrogens is 966 g/mol. The van der Waals surface area contributed by atoms with E-state index >= 15 is 4.79 Å². The number of ether oxygens (including phenoxy) is 3. The van der Waals surface area contributed by atoms with Crippen LogP contribution in [0.4, 0.5) is 36.7 Å². The predicted molar refractivity (Wildman–Crippen MR) is 273 cm³/mol. The van der Waals surface area contributed by atoms with Crippen LogP contribution in [0.3, 0.4) is 0 Å². The fourth-order valence-corrected chi connectivity index (χ4v) is 10.8. The molecule has 2 aliphatic rings. The topological polar surface area (TPSA) is 187 Å². The molecule has 2 unspecified atom stereocenters. The Morgan fingerprint density at radius 2 is 1.01 bits per heavy atom. The van der Waals surface area contributed by atoms with Gasteiger partial charge in [-0.3, -0.25) is 9.69 Å². The van der Waals surface area contributed by atoms with Gasteiger partial charge in [-0.25, -0.2) is 33.1 Å². The largest absolute Gasteiger partial charge is 0.497 e. The van der Waals surface area contributed by atoms with Crippen LogP contribution in [0, 0.1) is 17.5 Å². The van der Waals surface area contributed by atoms with Gasteiger partial charge in [0.25, 0.3) is 5.91 Å². The molecule has 2 fully saturated rings. The first kappa shape index (κ1) is 48.3. The number of methoxy groups -OCH3 is 1. The average Bonchev–Trinajstić information content (AvgIpc) is 4.02. The Morgan fingerprint density at radius 1 is 0.569 bits per heavy atom. The van der Waals surface area contributed by atoms with E-state index in [4.69, 9.17) is 35.6 Å². The number of rotatable bonds is 17. The Bertz CT molecular complexity index is 3130. The Labute approximate surface area is 421 Å². The maximum absolute atomic E-state index is 15.2. The third kappa shape index (κ3) is 11.2. The van der Waals surface area contributed by atoms with Crippen LogP contribution < -0.4 is 35.5 Å². The summed E-state index contributed by atoms with van der Waals surface area (Å²) in [4.78, 5) is 52.9. The normalized spacial score (nSPS) is 15.2. The first-order valence-corrected chi connectivity index (χ1v) is 25.2. The quantitative estimate of drug-likeness (QED) is 0.0948. The number of amides is 1. The van der Waals surface area contributed by atoms with Crippen molar-refractivity contribution in [2.24, 2.45) is 0 Å². The summed E-state index contributed by atoms with van der Waals surface area (Å²) in [6, 6.07) is 25.2. The molecule has 372 valence electrons. The molecule has 0 saturated carbocycles. The molecule has 21 heteroatoms. The van der Waals surface area contributed by atoms with Crippen LogP contribution in [0.15, 0.2) is 97.1 Å². The average molecular weight is 1020 g/mol. The molecule has 1 amide bonds. The minimum atomic E-state index is -1.08. The smallest absolute Gasteiger partial charge is 0.265 e. The standard InChI is InChI=1S/C51H51F3N12O4S2/c1-68-36-16-18-37(19-17-36)69-30-39(63-22-24-64(25-23-63)45-42-47(61-50(55)59-45)71-40(57-42)20-6-31-2-8-33(52)9-3-31)44(70-38-14-12-35(54)13-15-38)49(67)66-28-26-65(27-29-66)46-43-48(62-51(56)60-46)72-41(58-43)21-7-32-4-10-34(53)11-5-32/h2-5,8-19,39,44H,6-7,20-30H2,1H3,(H2,55,59,61)(H2,56,60,62). The summed E-state index contributed by atoms with van der Waals surface area (Å²) in [6.45, 7) is 3.57. The number of nitrogens with zero attached hydrogens (tertiary/aromatic N) is 10. The SMILES string of the molecule is COc1ccc(OCC(C(Oc2ccc(F)cc2)C(=O)N2CCN(c3nc(N)nc4sc(CCc5ccc(F)cc5)nc34)CC2)N2CCN(c3nc(N)nc4sc(CCc5ccc(F)cc5)nc34)CC2)cc1. The van der Waals surface area contributed by atoms with Crippen molar-refractivity contribution in [2.75, 3.05) is 87.3 Å². The molecule has 72 heavy (non-hydrogen) atoms. The fourth-order valence-electron chi connectivity index (χ4n) is 8.97. The van der Waals surface area contributed by atoms with E-state index in [1.165, 1.54) is 71.2 Å². The number of carbonyl (C=O) groups excluding carboxylic acids is 1. The molecule has 0 bridgehead atoms. The maximum atomic E-state index is 15.2. The highest BCUT2D eigenvalue weighted by Gasteiger charge is 2.41. The fraction of sp³-hybridized carbons (Fsp3) is 0.314. The van der Waals surface area contributed by atoms with E-state index in [0.717, 1.165) is 21.1 Å². The van der Waals surface area contributed by atoms with Gasteiger partial charge in [0.05, 0.1) is 23.2 Å². The number of aryl methyl sites for hydroxylation is 4. The van der Waals surface area contributed by atoms with Crippen molar-refractivity contribution in [3.8, 4) is 17.2 Å². The van der Waals surface area contributed by atoms with Gasteiger partial charge < -0.3 is 40.4 Å². The van der Waals surface area contributed by atoms with Gasteiger partial charge in [0.2, 0.25) is 11.9 Å². The monoisotopic (exact) mass is 1020 g/mol. The number of anilines is 4. The number of aromatic nitrogens is 6. The number of carbonyl (C=O) groups is 1. The lowest BCUT2D eigenvalue weighted by molar-refractivity contribution is -0.143. The molecule has 4 N–H and O–H groups in total. The number of hydrogen-bond donors (Lipinski definition) is 2.